The average molecular weight is 170 g/mol. The van der Waals surface area contributed by atoms with Crippen molar-refractivity contribution in [2.45, 2.75) is 33.6 Å². The molecule has 0 fully saturated rings. The number of carbonyl (C=O) groups is 1. The molecule has 70 valence electrons. The van der Waals surface area contributed by atoms with Gasteiger partial charge in [0.2, 0.25) is 0 Å². The Morgan fingerprint density at radius 3 is 2.58 bits per heavy atom. The van der Waals surface area contributed by atoms with E-state index in [0.717, 1.165) is 12.8 Å². The smallest absolute Gasteiger partial charge is 0.308 e. The third-order valence-electron chi connectivity index (χ3n) is 1.74. The molecule has 0 amide bonds. The van der Waals surface area contributed by atoms with Crippen LogP contribution in [0.2, 0.25) is 0 Å². The minimum absolute atomic E-state index is 0.0278. The molecule has 2 nitrogen and oxygen atoms in total. The van der Waals surface area contributed by atoms with Crippen molar-refractivity contribution in [1.29, 1.82) is 0 Å². The van der Waals surface area contributed by atoms with Gasteiger partial charge in [-0.15, -0.1) is 0 Å². The molecule has 0 saturated carbocycles. The molecule has 12 heavy (non-hydrogen) atoms. The van der Waals surface area contributed by atoms with Gasteiger partial charge in [0.05, 0.1) is 5.92 Å². The number of ether oxygens (including phenoxy) is 1. The van der Waals surface area contributed by atoms with Crippen LogP contribution in [-0.2, 0) is 9.53 Å². The molecule has 2 heteroatoms. The van der Waals surface area contributed by atoms with Crippen molar-refractivity contribution >= 4 is 5.97 Å². The van der Waals surface area contributed by atoms with Crippen LogP contribution in [0.15, 0.2) is 12.2 Å². The average Bonchev–Trinajstić information content (AvgIpc) is 2.10. The summed E-state index contributed by atoms with van der Waals surface area (Å²) in [5.41, 5.74) is 0. The van der Waals surface area contributed by atoms with Crippen molar-refractivity contribution in [3.8, 4) is 0 Å². The van der Waals surface area contributed by atoms with Crippen molar-refractivity contribution in [3.05, 3.63) is 12.2 Å². The normalized spacial score (nSPS) is 13.2. The second-order valence-corrected chi connectivity index (χ2v) is 2.82. The van der Waals surface area contributed by atoms with E-state index in [0.29, 0.717) is 6.61 Å². The van der Waals surface area contributed by atoms with E-state index in [4.69, 9.17) is 4.74 Å². The molecule has 1 unspecified atom stereocenters. The van der Waals surface area contributed by atoms with Crippen LogP contribution in [0.3, 0.4) is 0 Å². The molecule has 0 aromatic rings. The van der Waals surface area contributed by atoms with Gasteiger partial charge in [-0.1, -0.05) is 32.9 Å². The van der Waals surface area contributed by atoms with Gasteiger partial charge in [0.1, 0.15) is 6.61 Å². The molecule has 0 rings (SSSR count). The summed E-state index contributed by atoms with van der Waals surface area (Å²) in [6.07, 6.45) is 5.70. The van der Waals surface area contributed by atoms with E-state index in [-0.39, 0.29) is 11.9 Å². The number of hydrogen-bond donors (Lipinski definition) is 0. The standard InChI is InChI=1S/C10H18O2/c1-4-6-7-8-12-10(11)9(3)5-2/h6-7,9H,4-5,8H2,1-3H3/b7-6+. The van der Waals surface area contributed by atoms with Crippen molar-refractivity contribution in [2.24, 2.45) is 5.92 Å². The molecule has 0 aliphatic heterocycles. The first-order chi connectivity index (χ1) is 5.72. The lowest BCUT2D eigenvalue weighted by molar-refractivity contribution is -0.146. The van der Waals surface area contributed by atoms with Crippen LogP contribution in [0.25, 0.3) is 0 Å². The Morgan fingerprint density at radius 1 is 1.42 bits per heavy atom. The summed E-state index contributed by atoms with van der Waals surface area (Å²) in [7, 11) is 0. The first-order valence-electron chi connectivity index (χ1n) is 4.54. The summed E-state index contributed by atoms with van der Waals surface area (Å²) in [6, 6.07) is 0. The highest BCUT2D eigenvalue weighted by Gasteiger charge is 2.10. The van der Waals surface area contributed by atoms with Crippen molar-refractivity contribution in [2.75, 3.05) is 6.61 Å². The van der Waals surface area contributed by atoms with Crippen LogP contribution in [0.1, 0.15) is 33.6 Å². The Kier molecular flexibility index (Phi) is 6.44. The van der Waals surface area contributed by atoms with Gasteiger partial charge in [0, 0.05) is 0 Å². The molecule has 0 aromatic carbocycles. The molecular weight excluding hydrogens is 152 g/mol. The van der Waals surface area contributed by atoms with Gasteiger partial charge in [-0.05, 0) is 12.8 Å². The second-order valence-electron chi connectivity index (χ2n) is 2.82. The SMILES string of the molecule is CC/C=C/COC(=O)C(C)CC. The predicted molar refractivity (Wildman–Crippen MR) is 49.8 cm³/mol. The summed E-state index contributed by atoms with van der Waals surface area (Å²) in [6.45, 7) is 6.32. The minimum atomic E-state index is -0.0988. The zero-order valence-corrected chi connectivity index (χ0v) is 8.17. The lowest BCUT2D eigenvalue weighted by Gasteiger charge is -2.06. The molecule has 0 aromatic heterocycles. The van der Waals surface area contributed by atoms with Crippen LogP contribution < -0.4 is 0 Å². The Labute approximate surface area is 74.6 Å². The Bertz CT molecular complexity index is 150. The van der Waals surface area contributed by atoms with Crippen LogP contribution in [-0.4, -0.2) is 12.6 Å². The molecule has 0 aliphatic rings. The molecule has 0 N–H and O–H groups in total. The monoisotopic (exact) mass is 170 g/mol. The van der Waals surface area contributed by atoms with Gasteiger partial charge in [-0.25, -0.2) is 0 Å². The van der Waals surface area contributed by atoms with E-state index in [9.17, 15) is 4.79 Å². The van der Waals surface area contributed by atoms with E-state index >= 15 is 0 Å². The lowest BCUT2D eigenvalue weighted by Crippen LogP contribution is -2.13. The molecule has 0 spiro atoms. The van der Waals surface area contributed by atoms with Gasteiger partial charge in [-0.3, -0.25) is 4.79 Å². The maximum Gasteiger partial charge on any atom is 0.308 e. The summed E-state index contributed by atoms with van der Waals surface area (Å²) in [5, 5.41) is 0. The lowest BCUT2D eigenvalue weighted by atomic mass is 10.1. The molecule has 0 heterocycles. The van der Waals surface area contributed by atoms with Gasteiger partial charge < -0.3 is 4.74 Å². The Morgan fingerprint density at radius 2 is 2.08 bits per heavy atom. The first-order valence-corrected chi connectivity index (χ1v) is 4.54. The molecule has 1 atom stereocenters. The van der Waals surface area contributed by atoms with E-state index in [1.54, 1.807) is 0 Å². The molecule has 0 radical (unpaired) electrons. The Balaban J connectivity index is 3.50. The van der Waals surface area contributed by atoms with Crippen molar-refractivity contribution in [1.82, 2.24) is 0 Å². The van der Waals surface area contributed by atoms with Gasteiger partial charge >= 0.3 is 5.97 Å². The molecule has 0 saturated heterocycles. The topological polar surface area (TPSA) is 26.3 Å². The zero-order valence-electron chi connectivity index (χ0n) is 8.17. The maximum atomic E-state index is 11.1. The fourth-order valence-corrected chi connectivity index (χ4v) is 0.674. The van der Waals surface area contributed by atoms with Crippen molar-refractivity contribution < 1.29 is 9.53 Å². The summed E-state index contributed by atoms with van der Waals surface area (Å²) >= 11 is 0. The van der Waals surface area contributed by atoms with Crippen LogP contribution >= 0.6 is 0 Å². The second kappa shape index (κ2) is 6.89. The third kappa shape index (κ3) is 4.94. The van der Waals surface area contributed by atoms with Crippen LogP contribution in [0, 0.1) is 5.92 Å². The molecule has 0 bridgehead atoms. The highest BCUT2D eigenvalue weighted by molar-refractivity contribution is 5.71. The van der Waals surface area contributed by atoms with Crippen LogP contribution in [0.5, 0.6) is 0 Å². The van der Waals surface area contributed by atoms with Gasteiger partial charge in [-0.2, -0.15) is 0 Å². The predicted octanol–water partition coefficient (Wildman–Crippen LogP) is 2.54. The van der Waals surface area contributed by atoms with E-state index < -0.39 is 0 Å². The quantitative estimate of drug-likeness (QED) is 0.468. The number of hydrogen-bond acceptors (Lipinski definition) is 2. The van der Waals surface area contributed by atoms with Gasteiger partial charge in [0.15, 0.2) is 0 Å². The summed E-state index contributed by atoms with van der Waals surface area (Å²) in [4.78, 5) is 11.1. The molecule has 0 aliphatic carbocycles. The highest BCUT2D eigenvalue weighted by atomic mass is 16.5. The third-order valence-corrected chi connectivity index (χ3v) is 1.74. The number of esters is 1. The minimum Gasteiger partial charge on any atom is -0.461 e. The number of carbonyl (C=O) groups excluding carboxylic acids is 1. The summed E-state index contributed by atoms with van der Waals surface area (Å²) < 4.78 is 4.97. The van der Waals surface area contributed by atoms with E-state index in [2.05, 4.69) is 0 Å². The fraction of sp³-hybridized carbons (Fsp3) is 0.700. The number of rotatable bonds is 5. The highest BCUT2D eigenvalue weighted by Crippen LogP contribution is 2.02. The van der Waals surface area contributed by atoms with Crippen molar-refractivity contribution in [3.63, 3.8) is 0 Å². The Hall–Kier alpha value is -0.790. The van der Waals surface area contributed by atoms with Gasteiger partial charge in [0.25, 0.3) is 0 Å². The maximum absolute atomic E-state index is 11.1. The number of allylic oxidation sites excluding steroid dienone is 1. The largest absolute Gasteiger partial charge is 0.461 e. The fourth-order valence-electron chi connectivity index (χ4n) is 0.674. The van der Waals surface area contributed by atoms with Crippen LogP contribution in [0.4, 0.5) is 0 Å². The zero-order chi connectivity index (χ0) is 9.40. The van der Waals surface area contributed by atoms with E-state index in [1.807, 2.05) is 32.9 Å². The summed E-state index contributed by atoms with van der Waals surface area (Å²) in [5.74, 6) is -0.0710. The first kappa shape index (κ1) is 11.2. The van der Waals surface area contributed by atoms with E-state index in [1.165, 1.54) is 0 Å². The molecular formula is C10H18O2.